The Morgan fingerprint density at radius 3 is 2.69 bits per heavy atom. The third-order valence-corrected chi connectivity index (χ3v) is 3.68. The van der Waals surface area contributed by atoms with Gasteiger partial charge in [-0.15, -0.1) is 11.3 Å². The van der Waals surface area contributed by atoms with E-state index in [2.05, 4.69) is 5.32 Å². The first-order valence-corrected chi connectivity index (χ1v) is 6.23. The highest BCUT2D eigenvalue weighted by Crippen LogP contribution is 2.28. The minimum atomic E-state index is -0.591. The molecule has 1 aromatic heterocycles. The van der Waals surface area contributed by atoms with Crippen LogP contribution in [0.25, 0.3) is 0 Å². The van der Waals surface area contributed by atoms with E-state index < -0.39 is 5.54 Å². The summed E-state index contributed by atoms with van der Waals surface area (Å²) in [6, 6.07) is 3.63. The molecule has 1 rings (SSSR count). The molecular weight excluding hydrogens is 246 g/mol. The number of halogens is 1. The number of nitrogens with one attached hydrogen (secondary N) is 1. The van der Waals surface area contributed by atoms with Gasteiger partial charge in [0.2, 0.25) is 5.91 Å². The van der Waals surface area contributed by atoms with Crippen LogP contribution in [0.5, 0.6) is 0 Å². The molecule has 0 aliphatic rings. The molecule has 3 nitrogen and oxygen atoms in total. The van der Waals surface area contributed by atoms with E-state index in [0.29, 0.717) is 4.34 Å². The molecule has 1 aromatic rings. The molecule has 0 bridgehead atoms. The summed E-state index contributed by atoms with van der Waals surface area (Å²) in [6.07, 6.45) is 0. The molecule has 1 heterocycles. The van der Waals surface area contributed by atoms with Gasteiger partial charge in [0.05, 0.1) is 22.4 Å². The Kier molecular flexibility index (Phi) is 4.35. The van der Waals surface area contributed by atoms with E-state index >= 15 is 0 Å². The Bertz CT molecular complexity index is 376. The molecule has 5 heteroatoms. The number of amides is 1. The zero-order chi connectivity index (χ0) is 12.3. The summed E-state index contributed by atoms with van der Waals surface area (Å²) in [5, 5.41) is 11.9. The lowest BCUT2D eigenvalue weighted by Gasteiger charge is -2.25. The predicted molar refractivity (Wildman–Crippen MR) is 67.1 cm³/mol. The van der Waals surface area contributed by atoms with Gasteiger partial charge in [-0.2, -0.15) is 0 Å². The van der Waals surface area contributed by atoms with Crippen molar-refractivity contribution in [3.05, 3.63) is 21.3 Å². The van der Waals surface area contributed by atoms with E-state index in [0.717, 1.165) is 4.88 Å². The molecule has 0 radical (unpaired) electrons. The van der Waals surface area contributed by atoms with Gasteiger partial charge in [-0.05, 0) is 32.9 Å². The number of aliphatic hydroxyl groups excluding tert-OH is 1. The van der Waals surface area contributed by atoms with Crippen molar-refractivity contribution < 1.29 is 9.90 Å². The quantitative estimate of drug-likeness (QED) is 0.874. The van der Waals surface area contributed by atoms with Crippen LogP contribution in [0.4, 0.5) is 0 Å². The van der Waals surface area contributed by atoms with E-state index in [1.807, 2.05) is 13.0 Å². The lowest BCUT2D eigenvalue weighted by molar-refractivity contribution is -0.124. The van der Waals surface area contributed by atoms with Crippen LogP contribution in [0, 0.1) is 0 Å². The number of thiophene rings is 1. The second-order valence-corrected chi connectivity index (χ2v) is 6.14. The molecule has 0 aromatic carbocycles. The third-order valence-electron chi connectivity index (χ3n) is 2.27. The standard InChI is InChI=1S/C11H16ClNO2S/c1-7(8-4-5-9(12)16-8)10(15)13-11(2,3)6-14/h4-5,7,14H,6H2,1-3H3,(H,13,15). The zero-order valence-electron chi connectivity index (χ0n) is 9.58. The molecule has 0 saturated carbocycles. The van der Waals surface area contributed by atoms with Crippen LogP contribution in [0.3, 0.4) is 0 Å². The van der Waals surface area contributed by atoms with Crippen molar-refractivity contribution in [1.29, 1.82) is 0 Å². The van der Waals surface area contributed by atoms with Gasteiger partial charge in [-0.3, -0.25) is 4.79 Å². The van der Waals surface area contributed by atoms with Crippen molar-refractivity contribution in [2.45, 2.75) is 32.2 Å². The fourth-order valence-corrected chi connectivity index (χ4v) is 2.28. The molecule has 0 aliphatic carbocycles. The average Bonchev–Trinajstić information content (AvgIpc) is 2.63. The van der Waals surface area contributed by atoms with Crippen LogP contribution in [-0.4, -0.2) is 23.2 Å². The summed E-state index contributed by atoms with van der Waals surface area (Å²) in [5.74, 6) is -0.346. The van der Waals surface area contributed by atoms with Crippen molar-refractivity contribution in [3.63, 3.8) is 0 Å². The van der Waals surface area contributed by atoms with E-state index in [-0.39, 0.29) is 18.4 Å². The summed E-state index contributed by atoms with van der Waals surface area (Å²) in [6.45, 7) is 5.29. The Balaban J connectivity index is 2.68. The number of hydrogen-bond donors (Lipinski definition) is 2. The van der Waals surface area contributed by atoms with E-state index in [1.54, 1.807) is 19.9 Å². The largest absolute Gasteiger partial charge is 0.394 e. The number of carbonyl (C=O) groups is 1. The van der Waals surface area contributed by atoms with Gasteiger partial charge in [0.25, 0.3) is 0 Å². The molecule has 16 heavy (non-hydrogen) atoms. The normalized spacial score (nSPS) is 13.6. The van der Waals surface area contributed by atoms with Crippen LogP contribution in [-0.2, 0) is 4.79 Å². The lowest BCUT2D eigenvalue weighted by Crippen LogP contribution is -2.47. The fraction of sp³-hybridized carbons (Fsp3) is 0.545. The third kappa shape index (κ3) is 3.47. The lowest BCUT2D eigenvalue weighted by atomic mass is 10.0. The van der Waals surface area contributed by atoms with Crippen molar-refractivity contribution in [2.75, 3.05) is 6.61 Å². The highest BCUT2D eigenvalue weighted by molar-refractivity contribution is 7.16. The number of aliphatic hydroxyl groups is 1. The van der Waals surface area contributed by atoms with Gasteiger partial charge in [-0.25, -0.2) is 0 Å². The molecule has 0 saturated heterocycles. The fourth-order valence-electron chi connectivity index (χ4n) is 1.17. The maximum atomic E-state index is 11.9. The van der Waals surface area contributed by atoms with Crippen LogP contribution in [0.2, 0.25) is 4.34 Å². The van der Waals surface area contributed by atoms with Crippen molar-refractivity contribution in [2.24, 2.45) is 0 Å². The van der Waals surface area contributed by atoms with Crippen molar-refractivity contribution in [3.8, 4) is 0 Å². The smallest absolute Gasteiger partial charge is 0.228 e. The summed E-state index contributed by atoms with van der Waals surface area (Å²) in [7, 11) is 0. The van der Waals surface area contributed by atoms with Crippen molar-refractivity contribution in [1.82, 2.24) is 5.32 Å². The first-order chi connectivity index (χ1) is 7.35. The average molecular weight is 262 g/mol. The number of rotatable bonds is 4. The zero-order valence-corrected chi connectivity index (χ0v) is 11.2. The summed E-state index contributed by atoms with van der Waals surface area (Å²) in [5.41, 5.74) is -0.591. The first kappa shape index (κ1) is 13.5. The molecular formula is C11H16ClNO2S. The summed E-state index contributed by atoms with van der Waals surface area (Å²) in [4.78, 5) is 12.8. The predicted octanol–water partition coefficient (Wildman–Crippen LogP) is 2.39. The molecule has 2 N–H and O–H groups in total. The van der Waals surface area contributed by atoms with Gasteiger partial charge in [-0.1, -0.05) is 11.6 Å². The Labute approximate surface area is 104 Å². The second kappa shape index (κ2) is 5.17. The van der Waals surface area contributed by atoms with Crippen LogP contribution in [0.1, 0.15) is 31.6 Å². The van der Waals surface area contributed by atoms with Crippen molar-refractivity contribution >= 4 is 28.8 Å². The minimum Gasteiger partial charge on any atom is -0.394 e. The molecule has 0 fully saturated rings. The number of carbonyl (C=O) groups excluding carboxylic acids is 1. The van der Waals surface area contributed by atoms with E-state index in [4.69, 9.17) is 16.7 Å². The van der Waals surface area contributed by atoms with Crippen LogP contribution < -0.4 is 5.32 Å². The molecule has 90 valence electrons. The van der Waals surface area contributed by atoms with Gasteiger partial charge < -0.3 is 10.4 Å². The molecule has 1 atom stereocenters. The molecule has 0 spiro atoms. The van der Waals surface area contributed by atoms with Crippen LogP contribution in [0.15, 0.2) is 12.1 Å². The maximum Gasteiger partial charge on any atom is 0.228 e. The Morgan fingerprint density at radius 1 is 1.62 bits per heavy atom. The summed E-state index contributed by atoms with van der Waals surface area (Å²) < 4.78 is 0.677. The van der Waals surface area contributed by atoms with E-state index in [1.165, 1.54) is 11.3 Å². The SMILES string of the molecule is CC(C(=O)NC(C)(C)CO)c1ccc(Cl)s1. The Morgan fingerprint density at radius 2 is 2.25 bits per heavy atom. The van der Waals surface area contributed by atoms with E-state index in [9.17, 15) is 4.79 Å². The van der Waals surface area contributed by atoms with Crippen LogP contribution >= 0.6 is 22.9 Å². The first-order valence-electron chi connectivity index (χ1n) is 5.04. The monoisotopic (exact) mass is 261 g/mol. The van der Waals surface area contributed by atoms with Gasteiger partial charge in [0.1, 0.15) is 0 Å². The van der Waals surface area contributed by atoms with Gasteiger partial charge in [0.15, 0.2) is 0 Å². The highest BCUT2D eigenvalue weighted by Gasteiger charge is 2.24. The molecule has 1 unspecified atom stereocenters. The molecule has 1 amide bonds. The maximum absolute atomic E-state index is 11.9. The topological polar surface area (TPSA) is 49.3 Å². The molecule has 0 aliphatic heterocycles. The minimum absolute atomic E-state index is 0.0867. The Hall–Kier alpha value is -0.580. The highest BCUT2D eigenvalue weighted by atomic mass is 35.5. The number of hydrogen-bond acceptors (Lipinski definition) is 3. The van der Waals surface area contributed by atoms with Gasteiger partial charge in [0, 0.05) is 4.88 Å². The van der Waals surface area contributed by atoms with Gasteiger partial charge >= 0.3 is 0 Å². The summed E-state index contributed by atoms with van der Waals surface area (Å²) >= 11 is 7.22. The second-order valence-electron chi connectivity index (χ2n) is 4.39.